The van der Waals surface area contributed by atoms with Gasteiger partial charge in [0.05, 0.1) is 11.2 Å². The number of hydrogen-bond donors (Lipinski definition) is 2. The summed E-state index contributed by atoms with van der Waals surface area (Å²) < 4.78 is 0. The Morgan fingerprint density at radius 2 is 2.24 bits per heavy atom. The van der Waals surface area contributed by atoms with Crippen molar-refractivity contribution >= 4 is 11.6 Å². The molecule has 2 rings (SSSR count). The first kappa shape index (κ1) is 15.8. The monoisotopic (exact) mass is 290 g/mol. The number of carbonyl (C=O) groups is 1. The molecular weight excluding hydrogens is 264 g/mol. The maximum Gasteiger partial charge on any atom is 0.256 e. The van der Waals surface area contributed by atoms with Gasteiger partial charge in [0.2, 0.25) is 0 Å². The minimum Gasteiger partial charge on any atom is -0.388 e. The third-order valence-corrected chi connectivity index (χ3v) is 3.93. The van der Waals surface area contributed by atoms with Crippen molar-refractivity contribution in [2.45, 2.75) is 45.6 Å². The second-order valence-electron chi connectivity index (χ2n) is 6.30. The van der Waals surface area contributed by atoms with E-state index in [0.29, 0.717) is 12.1 Å². The van der Waals surface area contributed by atoms with Gasteiger partial charge in [-0.3, -0.25) is 4.79 Å². The Morgan fingerprint density at radius 1 is 1.48 bits per heavy atom. The van der Waals surface area contributed by atoms with E-state index in [1.807, 2.05) is 25.1 Å². The normalized spacial score (nSPS) is 22.2. The summed E-state index contributed by atoms with van der Waals surface area (Å²) in [6.45, 7) is 7.88. The van der Waals surface area contributed by atoms with Crippen molar-refractivity contribution in [3.8, 4) is 0 Å². The molecule has 2 N–H and O–H groups in total. The van der Waals surface area contributed by atoms with Crippen molar-refractivity contribution in [3.05, 3.63) is 29.3 Å². The third kappa shape index (κ3) is 3.97. The average molecular weight is 290 g/mol. The SMILES string of the molecule is CCCNc1ccc(C)cc1C(=O)N1CCCC(C)(O)C1. The summed E-state index contributed by atoms with van der Waals surface area (Å²) >= 11 is 0. The van der Waals surface area contributed by atoms with Gasteiger partial charge in [0.1, 0.15) is 0 Å². The lowest BCUT2D eigenvalue weighted by molar-refractivity contribution is -0.0107. The van der Waals surface area contributed by atoms with Crippen molar-refractivity contribution in [2.24, 2.45) is 0 Å². The van der Waals surface area contributed by atoms with E-state index in [2.05, 4.69) is 12.2 Å². The number of β-amino-alcohol motifs (C(OH)–C–C–N with tert-alkyl or cyclic N) is 1. The Labute approximate surface area is 127 Å². The Bertz CT molecular complexity index is 512. The number of benzene rings is 1. The molecule has 1 aromatic carbocycles. The molecule has 4 nitrogen and oxygen atoms in total. The van der Waals surface area contributed by atoms with Crippen molar-refractivity contribution in [1.29, 1.82) is 0 Å². The lowest BCUT2D eigenvalue weighted by Crippen LogP contribution is -2.48. The van der Waals surface area contributed by atoms with Crippen LogP contribution in [0.2, 0.25) is 0 Å². The van der Waals surface area contributed by atoms with E-state index >= 15 is 0 Å². The zero-order valence-corrected chi connectivity index (χ0v) is 13.3. The van der Waals surface area contributed by atoms with E-state index in [9.17, 15) is 9.90 Å². The average Bonchev–Trinajstić information content (AvgIpc) is 2.44. The van der Waals surface area contributed by atoms with Crippen molar-refractivity contribution in [2.75, 3.05) is 25.0 Å². The Balaban J connectivity index is 2.23. The van der Waals surface area contributed by atoms with Gasteiger partial charge < -0.3 is 15.3 Å². The molecule has 1 atom stereocenters. The molecule has 1 amide bonds. The zero-order valence-electron chi connectivity index (χ0n) is 13.3. The number of aliphatic hydroxyl groups is 1. The van der Waals surface area contributed by atoms with E-state index in [1.54, 1.807) is 11.8 Å². The van der Waals surface area contributed by atoms with Gasteiger partial charge in [-0.25, -0.2) is 0 Å². The largest absolute Gasteiger partial charge is 0.388 e. The van der Waals surface area contributed by atoms with Crippen LogP contribution in [-0.2, 0) is 0 Å². The fraction of sp³-hybridized carbons (Fsp3) is 0.588. The zero-order chi connectivity index (χ0) is 15.5. The number of aryl methyl sites for hydroxylation is 1. The summed E-state index contributed by atoms with van der Waals surface area (Å²) in [4.78, 5) is 14.6. The number of piperidine rings is 1. The molecule has 1 aliphatic heterocycles. The molecule has 1 heterocycles. The van der Waals surface area contributed by atoms with Crippen molar-refractivity contribution in [3.63, 3.8) is 0 Å². The molecular formula is C17H26N2O2. The van der Waals surface area contributed by atoms with Crippen LogP contribution < -0.4 is 5.32 Å². The molecule has 0 saturated carbocycles. The number of likely N-dealkylation sites (tertiary alicyclic amines) is 1. The summed E-state index contributed by atoms with van der Waals surface area (Å²) in [7, 11) is 0. The van der Waals surface area contributed by atoms with E-state index in [0.717, 1.165) is 43.6 Å². The smallest absolute Gasteiger partial charge is 0.256 e. The van der Waals surface area contributed by atoms with Crippen LogP contribution in [-0.4, -0.2) is 41.1 Å². The second-order valence-corrected chi connectivity index (χ2v) is 6.30. The van der Waals surface area contributed by atoms with Gasteiger partial charge in [-0.2, -0.15) is 0 Å². The molecule has 21 heavy (non-hydrogen) atoms. The van der Waals surface area contributed by atoms with E-state index < -0.39 is 5.60 Å². The van der Waals surface area contributed by atoms with Crippen LogP contribution >= 0.6 is 0 Å². The van der Waals surface area contributed by atoms with Crippen LogP contribution in [0.25, 0.3) is 0 Å². The minimum atomic E-state index is -0.769. The van der Waals surface area contributed by atoms with Crippen LogP contribution in [0.3, 0.4) is 0 Å². The summed E-state index contributed by atoms with van der Waals surface area (Å²) in [6.07, 6.45) is 2.62. The fourth-order valence-electron chi connectivity index (χ4n) is 2.81. The minimum absolute atomic E-state index is 0.0114. The number of nitrogens with zero attached hydrogens (tertiary/aromatic N) is 1. The van der Waals surface area contributed by atoms with E-state index in [-0.39, 0.29) is 5.91 Å². The summed E-state index contributed by atoms with van der Waals surface area (Å²) in [5.74, 6) is 0.0114. The summed E-state index contributed by atoms with van der Waals surface area (Å²) in [6, 6.07) is 5.92. The number of carbonyl (C=O) groups excluding carboxylic acids is 1. The molecule has 1 aromatic rings. The van der Waals surface area contributed by atoms with Crippen LogP contribution in [0, 0.1) is 6.92 Å². The highest BCUT2D eigenvalue weighted by atomic mass is 16.3. The lowest BCUT2D eigenvalue weighted by Gasteiger charge is -2.37. The molecule has 0 aliphatic carbocycles. The first-order valence-electron chi connectivity index (χ1n) is 7.79. The van der Waals surface area contributed by atoms with Gasteiger partial charge in [0.15, 0.2) is 0 Å². The standard InChI is InChI=1S/C17H26N2O2/c1-4-9-18-15-7-6-13(2)11-14(15)16(20)19-10-5-8-17(3,21)12-19/h6-7,11,18,21H,4-5,8-10,12H2,1-3H3. The van der Waals surface area contributed by atoms with Gasteiger partial charge in [-0.05, 0) is 45.2 Å². The molecule has 4 heteroatoms. The fourth-order valence-corrected chi connectivity index (χ4v) is 2.81. The highest BCUT2D eigenvalue weighted by Gasteiger charge is 2.32. The maximum absolute atomic E-state index is 12.8. The molecule has 0 spiro atoms. The van der Waals surface area contributed by atoms with Gasteiger partial charge in [0, 0.05) is 25.3 Å². The van der Waals surface area contributed by atoms with Crippen molar-refractivity contribution < 1.29 is 9.90 Å². The molecule has 1 saturated heterocycles. The maximum atomic E-state index is 12.8. The Kier molecular flexibility index (Phi) is 4.88. The first-order chi connectivity index (χ1) is 9.93. The Morgan fingerprint density at radius 3 is 2.90 bits per heavy atom. The quantitative estimate of drug-likeness (QED) is 0.896. The molecule has 0 radical (unpaired) electrons. The van der Waals surface area contributed by atoms with Crippen LogP contribution in [0.4, 0.5) is 5.69 Å². The third-order valence-electron chi connectivity index (χ3n) is 3.93. The number of hydrogen-bond acceptors (Lipinski definition) is 3. The molecule has 1 fully saturated rings. The van der Waals surface area contributed by atoms with Crippen LogP contribution in [0.5, 0.6) is 0 Å². The van der Waals surface area contributed by atoms with Gasteiger partial charge >= 0.3 is 0 Å². The second kappa shape index (κ2) is 6.48. The van der Waals surface area contributed by atoms with Crippen molar-refractivity contribution in [1.82, 2.24) is 4.90 Å². The highest BCUT2D eigenvalue weighted by Crippen LogP contribution is 2.25. The molecule has 1 unspecified atom stereocenters. The number of amides is 1. The number of rotatable bonds is 4. The van der Waals surface area contributed by atoms with Gasteiger partial charge in [0.25, 0.3) is 5.91 Å². The van der Waals surface area contributed by atoms with Gasteiger partial charge in [-0.1, -0.05) is 18.6 Å². The number of nitrogens with one attached hydrogen (secondary N) is 1. The molecule has 0 aromatic heterocycles. The first-order valence-corrected chi connectivity index (χ1v) is 7.79. The Hall–Kier alpha value is -1.55. The van der Waals surface area contributed by atoms with Crippen LogP contribution in [0.15, 0.2) is 18.2 Å². The predicted molar refractivity (Wildman–Crippen MR) is 85.7 cm³/mol. The topological polar surface area (TPSA) is 52.6 Å². The molecule has 1 aliphatic rings. The summed E-state index contributed by atoms with van der Waals surface area (Å²) in [5.41, 5.74) is 1.90. The molecule has 0 bridgehead atoms. The van der Waals surface area contributed by atoms with Crippen LogP contribution in [0.1, 0.15) is 49.0 Å². The molecule has 116 valence electrons. The summed E-state index contributed by atoms with van der Waals surface area (Å²) in [5, 5.41) is 13.5. The van der Waals surface area contributed by atoms with E-state index in [1.165, 1.54) is 0 Å². The van der Waals surface area contributed by atoms with E-state index in [4.69, 9.17) is 0 Å². The highest BCUT2D eigenvalue weighted by molar-refractivity contribution is 6.00. The van der Waals surface area contributed by atoms with Gasteiger partial charge in [-0.15, -0.1) is 0 Å². The number of anilines is 1. The predicted octanol–water partition coefficient (Wildman–Crippen LogP) is 2.80. The lowest BCUT2D eigenvalue weighted by atomic mass is 9.94.